The van der Waals surface area contributed by atoms with Crippen molar-refractivity contribution in [2.45, 2.75) is 33.4 Å². The Morgan fingerprint density at radius 3 is 2.56 bits per heavy atom. The molecule has 0 amide bonds. The molecule has 0 radical (unpaired) electrons. The van der Waals surface area contributed by atoms with Crippen LogP contribution in [0.5, 0.6) is 0 Å². The number of aryl methyl sites for hydroxylation is 2. The second-order valence-corrected chi connectivity index (χ2v) is 4.87. The Morgan fingerprint density at radius 2 is 1.94 bits per heavy atom. The number of rotatable bonds is 5. The minimum absolute atomic E-state index is 0.374. The SMILES string of the molecule is Cc1cc(C)cc(C(C)NCCn2cccn2)c1. The van der Waals surface area contributed by atoms with Crippen LogP contribution in [-0.2, 0) is 6.54 Å². The Bertz CT molecular complexity index is 468. The van der Waals surface area contributed by atoms with Crippen LogP contribution in [0.3, 0.4) is 0 Å². The van der Waals surface area contributed by atoms with Crippen LogP contribution in [0.2, 0.25) is 0 Å². The minimum Gasteiger partial charge on any atom is -0.308 e. The summed E-state index contributed by atoms with van der Waals surface area (Å²) in [6, 6.07) is 9.03. The van der Waals surface area contributed by atoms with Crippen LogP contribution in [-0.4, -0.2) is 16.3 Å². The van der Waals surface area contributed by atoms with E-state index in [4.69, 9.17) is 0 Å². The van der Waals surface area contributed by atoms with Gasteiger partial charge < -0.3 is 5.32 Å². The van der Waals surface area contributed by atoms with Gasteiger partial charge in [-0.15, -0.1) is 0 Å². The zero-order valence-electron chi connectivity index (χ0n) is 11.4. The first-order chi connectivity index (χ1) is 8.65. The maximum atomic E-state index is 4.19. The van der Waals surface area contributed by atoms with Crippen LogP contribution < -0.4 is 5.32 Å². The Labute approximate surface area is 109 Å². The van der Waals surface area contributed by atoms with Gasteiger partial charge in [-0.1, -0.05) is 29.3 Å². The van der Waals surface area contributed by atoms with Crippen molar-refractivity contribution in [2.75, 3.05) is 6.54 Å². The number of nitrogens with zero attached hydrogens (tertiary/aromatic N) is 2. The summed E-state index contributed by atoms with van der Waals surface area (Å²) < 4.78 is 1.95. The Kier molecular flexibility index (Phi) is 4.15. The molecule has 0 spiro atoms. The molecule has 1 unspecified atom stereocenters. The van der Waals surface area contributed by atoms with Gasteiger partial charge in [0.1, 0.15) is 0 Å². The van der Waals surface area contributed by atoms with Gasteiger partial charge in [-0.3, -0.25) is 4.68 Å². The van der Waals surface area contributed by atoms with Crippen molar-refractivity contribution in [2.24, 2.45) is 0 Å². The van der Waals surface area contributed by atoms with Crippen molar-refractivity contribution in [3.63, 3.8) is 0 Å². The molecule has 0 bridgehead atoms. The van der Waals surface area contributed by atoms with Crippen molar-refractivity contribution < 1.29 is 0 Å². The molecule has 2 aromatic rings. The van der Waals surface area contributed by atoms with Gasteiger partial charge in [0.2, 0.25) is 0 Å². The summed E-state index contributed by atoms with van der Waals surface area (Å²) >= 11 is 0. The van der Waals surface area contributed by atoms with E-state index in [2.05, 4.69) is 49.4 Å². The van der Waals surface area contributed by atoms with Gasteiger partial charge in [-0.05, 0) is 32.4 Å². The molecule has 1 aromatic heterocycles. The topological polar surface area (TPSA) is 29.9 Å². The molecule has 0 aliphatic carbocycles. The molecule has 0 aliphatic heterocycles. The van der Waals surface area contributed by atoms with Crippen molar-refractivity contribution >= 4 is 0 Å². The highest BCUT2D eigenvalue weighted by molar-refractivity contribution is 5.30. The van der Waals surface area contributed by atoms with Crippen LogP contribution in [0.1, 0.15) is 29.7 Å². The second kappa shape index (κ2) is 5.83. The third-order valence-corrected chi connectivity index (χ3v) is 3.09. The van der Waals surface area contributed by atoms with E-state index in [1.807, 2.05) is 23.1 Å². The molecule has 1 aromatic carbocycles. The Balaban J connectivity index is 1.89. The average Bonchev–Trinajstić information content (AvgIpc) is 2.80. The fourth-order valence-electron chi connectivity index (χ4n) is 2.21. The summed E-state index contributed by atoms with van der Waals surface area (Å²) in [5.41, 5.74) is 4.00. The maximum Gasteiger partial charge on any atom is 0.0534 e. The highest BCUT2D eigenvalue weighted by atomic mass is 15.3. The van der Waals surface area contributed by atoms with Crippen LogP contribution in [0.4, 0.5) is 0 Å². The summed E-state index contributed by atoms with van der Waals surface area (Å²) in [5.74, 6) is 0. The molecule has 3 nitrogen and oxygen atoms in total. The molecule has 0 aliphatic rings. The van der Waals surface area contributed by atoms with Crippen LogP contribution in [0, 0.1) is 13.8 Å². The molecule has 1 N–H and O–H groups in total. The average molecular weight is 243 g/mol. The van der Waals surface area contributed by atoms with Crippen LogP contribution in [0.25, 0.3) is 0 Å². The molecule has 2 rings (SSSR count). The van der Waals surface area contributed by atoms with E-state index in [1.54, 1.807) is 0 Å². The smallest absolute Gasteiger partial charge is 0.0534 e. The summed E-state index contributed by atoms with van der Waals surface area (Å²) in [6.07, 6.45) is 3.80. The van der Waals surface area contributed by atoms with Gasteiger partial charge in [-0.2, -0.15) is 5.10 Å². The zero-order valence-corrected chi connectivity index (χ0v) is 11.4. The first-order valence-electron chi connectivity index (χ1n) is 6.44. The van der Waals surface area contributed by atoms with Crippen molar-refractivity contribution in [1.29, 1.82) is 0 Å². The number of hydrogen-bond acceptors (Lipinski definition) is 2. The van der Waals surface area contributed by atoms with E-state index in [-0.39, 0.29) is 0 Å². The van der Waals surface area contributed by atoms with Crippen molar-refractivity contribution in [3.05, 3.63) is 53.3 Å². The molecule has 18 heavy (non-hydrogen) atoms. The predicted octanol–water partition coefficient (Wildman–Crippen LogP) is 2.85. The summed E-state index contributed by atoms with van der Waals surface area (Å²) in [7, 11) is 0. The highest BCUT2D eigenvalue weighted by Crippen LogP contribution is 2.16. The zero-order chi connectivity index (χ0) is 13.0. The highest BCUT2D eigenvalue weighted by Gasteiger charge is 2.05. The van der Waals surface area contributed by atoms with E-state index in [9.17, 15) is 0 Å². The van der Waals surface area contributed by atoms with E-state index in [1.165, 1.54) is 16.7 Å². The van der Waals surface area contributed by atoms with Gasteiger partial charge in [0, 0.05) is 25.0 Å². The molecule has 96 valence electrons. The fraction of sp³-hybridized carbons (Fsp3) is 0.400. The number of hydrogen-bond donors (Lipinski definition) is 1. The lowest BCUT2D eigenvalue weighted by Gasteiger charge is -2.15. The lowest BCUT2D eigenvalue weighted by molar-refractivity contribution is 0.507. The number of aromatic nitrogens is 2. The lowest BCUT2D eigenvalue weighted by atomic mass is 10.0. The van der Waals surface area contributed by atoms with Crippen LogP contribution >= 0.6 is 0 Å². The van der Waals surface area contributed by atoms with E-state index >= 15 is 0 Å². The maximum absolute atomic E-state index is 4.19. The van der Waals surface area contributed by atoms with Gasteiger partial charge in [0.05, 0.1) is 6.54 Å². The summed E-state index contributed by atoms with van der Waals surface area (Å²) in [6.45, 7) is 8.33. The molecule has 0 fully saturated rings. The lowest BCUT2D eigenvalue weighted by Crippen LogP contribution is -2.23. The van der Waals surface area contributed by atoms with Gasteiger partial charge in [-0.25, -0.2) is 0 Å². The van der Waals surface area contributed by atoms with E-state index in [0.29, 0.717) is 6.04 Å². The quantitative estimate of drug-likeness (QED) is 0.875. The third kappa shape index (κ3) is 3.44. The van der Waals surface area contributed by atoms with E-state index in [0.717, 1.165) is 13.1 Å². The standard InChI is InChI=1S/C15H21N3/c1-12-9-13(2)11-15(10-12)14(3)16-6-8-18-7-4-5-17-18/h4-5,7,9-11,14,16H,6,8H2,1-3H3. The summed E-state index contributed by atoms with van der Waals surface area (Å²) in [4.78, 5) is 0. The van der Waals surface area contributed by atoms with Gasteiger partial charge in [0.25, 0.3) is 0 Å². The number of nitrogens with one attached hydrogen (secondary N) is 1. The molecule has 0 saturated carbocycles. The Morgan fingerprint density at radius 1 is 1.22 bits per heavy atom. The fourth-order valence-corrected chi connectivity index (χ4v) is 2.21. The summed E-state index contributed by atoms with van der Waals surface area (Å²) in [5, 5.41) is 7.72. The first kappa shape index (κ1) is 12.8. The molecule has 1 atom stereocenters. The van der Waals surface area contributed by atoms with Gasteiger partial charge in [0.15, 0.2) is 0 Å². The monoisotopic (exact) mass is 243 g/mol. The molecule has 1 heterocycles. The molecular formula is C15H21N3. The third-order valence-electron chi connectivity index (χ3n) is 3.09. The largest absolute Gasteiger partial charge is 0.308 e. The molecule has 3 heteroatoms. The predicted molar refractivity (Wildman–Crippen MR) is 74.6 cm³/mol. The second-order valence-electron chi connectivity index (χ2n) is 4.87. The minimum atomic E-state index is 0.374. The van der Waals surface area contributed by atoms with Crippen LogP contribution in [0.15, 0.2) is 36.7 Å². The first-order valence-corrected chi connectivity index (χ1v) is 6.44. The normalized spacial score (nSPS) is 12.6. The Hall–Kier alpha value is -1.61. The molecule has 0 saturated heterocycles. The van der Waals surface area contributed by atoms with E-state index < -0.39 is 0 Å². The molecular weight excluding hydrogens is 222 g/mol. The van der Waals surface area contributed by atoms with Crippen molar-refractivity contribution in [3.8, 4) is 0 Å². The number of benzene rings is 1. The van der Waals surface area contributed by atoms with Gasteiger partial charge >= 0.3 is 0 Å². The van der Waals surface area contributed by atoms with Crippen molar-refractivity contribution in [1.82, 2.24) is 15.1 Å².